The maximum atomic E-state index is 13.1. The number of hydrogen-bond donors (Lipinski definition) is 1. The second-order valence-electron chi connectivity index (χ2n) is 8.37. The maximum Gasteiger partial charge on any atom is 0.295 e. The third-order valence-electron chi connectivity index (χ3n) is 5.54. The molecule has 34 heavy (non-hydrogen) atoms. The largest absolute Gasteiger partial charge is 0.507 e. The van der Waals surface area contributed by atoms with Crippen molar-refractivity contribution < 1.29 is 24.4 Å². The highest BCUT2D eigenvalue weighted by Crippen LogP contribution is 2.40. The predicted molar refractivity (Wildman–Crippen MR) is 128 cm³/mol. The van der Waals surface area contributed by atoms with E-state index in [1.165, 1.54) is 29.2 Å². The first-order valence-corrected chi connectivity index (χ1v) is 11.1. The van der Waals surface area contributed by atoms with Crippen LogP contribution < -0.4 is 4.74 Å². The van der Waals surface area contributed by atoms with Gasteiger partial charge in [0.15, 0.2) is 0 Å². The molecule has 1 fully saturated rings. The minimum atomic E-state index is -0.858. The van der Waals surface area contributed by atoms with Gasteiger partial charge in [0, 0.05) is 24.2 Å². The fraction of sp³-hybridized carbons (Fsp3) is 0.360. The number of nitro benzene ring substituents is 1. The number of amides is 1. The number of carbonyl (C=O) groups is 2. The highest BCUT2D eigenvalue weighted by molar-refractivity contribution is 6.46. The Morgan fingerprint density at radius 3 is 2.50 bits per heavy atom. The maximum absolute atomic E-state index is 13.1. The normalized spacial score (nSPS) is 17.4. The number of non-ortho nitro benzene ring substituents is 1. The Morgan fingerprint density at radius 1 is 1.18 bits per heavy atom. The molecule has 1 aliphatic heterocycles. The van der Waals surface area contributed by atoms with E-state index in [9.17, 15) is 24.8 Å². The zero-order valence-corrected chi connectivity index (χ0v) is 19.6. The van der Waals surface area contributed by atoms with Gasteiger partial charge in [-0.1, -0.05) is 19.1 Å². The van der Waals surface area contributed by atoms with Crippen molar-refractivity contribution in [2.75, 3.05) is 33.8 Å². The monoisotopic (exact) mass is 467 g/mol. The van der Waals surface area contributed by atoms with Crippen LogP contribution in [0.5, 0.6) is 5.75 Å². The molecule has 1 aliphatic rings. The third-order valence-corrected chi connectivity index (χ3v) is 5.54. The zero-order chi connectivity index (χ0) is 24.8. The topological polar surface area (TPSA) is 113 Å². The number of carbonyl (C=O) groups excluding carboxylic acids is 2. The van der Waals surface area contributed by atoms with Gasteiger partial charge in [-0.15, -0.1) is 0 Å². The Bertz CT molecular complexity index is 1090. The number of Topliss-reactive ketones (excluding diaryl/α,β-unsaturated/α-hetero) is 1. The average Bonchev–Trinajstić information content (AvgIpc) is 3.07. The summed E-state index contributed by atoms with van der Waals surface area (Å²) in [5.74, 6) is -1.26. The van der Waals surface area contributed by atoms with Gasteiger partial charge in [0.1, 0.15) is 11.5 Å². The average molecular weight is 468 g/mol. The fourth-order valence-electron chi connectivity index (χ4n) is 3.90. The summed E-state index contributed by atoms with van der Waals surface area (Å²) in [6.07, 6.45) is 1.43. The fourth-order valence-corrected chi connectivity index (χ4v) is 3.90. The van der Waals surface area contributed by atoms with Gasteiger partial charge in [0.05, 0.1) is 23.1 Å². The van der Waals surface area contributed by atoms with Gasteiger partial charge >= 0.3 is 0 Å². The van der Waals surface area contributed by atoms with Crippen LogP contribution in [0.2, 0.25) is 0 Å². The number of likely N-dealkylation sites (tertiary alicyclic amines) is 1. The first kappa shape index (κ1) is 24.9. The van der Waals surface area contributed by atoms with Crippen molar-refractivity contribution in [1.29, 1.82) is 0 Å². The molecule has 2 aromatic carbocycles. The van der Waals surface area contributed by atoms with Gasteiger partial charge in [0.2, 0.25) is 0 Å². The van der Waals surface area contributed by atoms with Crippen LogP contribution in [0.25, 0.3) is 5.76 Å². The number of rotatable bonds is 10. The Kier molecular flexibility index (Phi) is 8.01. The van der Waals surface area contributed by atoms with Crippen molar-refractivity contribution in [1.82, 2.24) is 9.80 Å². The van der Waals surface area contributed by atoms with Gasteiger partial charge in [-0.3, -0.25) is 19.7 Å². The molecular formula is C25H29N3O6. The molecule has 0 aromatic heterocycles. The SMILES string of the molecule is CCCOc1cccc(/C(O)=C2\C(=O)C(=O)N(CCCN(C)C)C2c2ccc([N+](=O)[O-])cc2)c1. The molecule has 0 saturated carbocycles. The van der Waals surface area contributed by atoms with Crippen molar-refractivity contribution >= 4 is 23.1 Å². The number of ether oxygens (including phenoxy) is 1. The molecule has 1 N–H and O–H groups in total. The van der Waals surface area contributed by atoms with Crippen molar-refractivity contribution in [3.63, 3.8) is 0 Å². The van der Waals surface area contributed by atoms with Gasteiger partial charge in [0.25, 0.3) is 17.4 Å². The van der Waals surface area contributed by atoms with Crippen LogP contribution in [0.4, 0.5) is 5.69 Å². The number of hydrogen-bond acceptors (Lipinski definition) is 7. The molecule has 1 saturated heterocycles. The number of nitro groups is 1. The lowest BCUT2D eigenvalue weighted by molar-refractivity contribution is -0.384. The van der Waals surface area contributed by atoms with Gasteiger partial charge < -0.3 is 19.6 Å². The summed E-state index contributed by atoms with van der Waals surface area (Å²) in [7, 11) is 3.82. The smallest absolute Gasteiger partial charge is 0.295 e. The van der Waals surface area contributed by atoms with E-state index in [2.05, 4.69) is 0 Å². The molecule has 180 valence electrons. The van der Waals surface area contributed by atoms with Crippen LogP contribution in [-0.4, -0.2) is 65.3 Å². The van der Waals surface area contributed by atoms with Crippen LogP contribution in [0.3, 0.4) is 0 Å². The summed E-state index contributed by atoms with van der Waals surface area (Å²) < 4.78 is 5.64. The Morgan fingerprint density at radius 2 is 1.88 bits per heavy atom. The lowest BCUT2D eigenvalue weighted by Gasteiger charge is -2.26. The highest BCUT2D eigenvalue weighted by Gasteiger charge is 2.45. The molecule has 1 heterocycles. The molecule has 0 bridgehead atoms. The van der Waals surface area contributed by atoms with Crippen molar-refractivity contribution in [2.45, 2.75) is 25.8 Å². The molecular weight excluding hydrogens is 438 g/mol. The third kappa shape index (κ3) is 5.43. The molecule has 0 radical (unpaired) electrons. The number of nitrogens with zero attached hydrogens (tertiary/aromatic N) is 3. The van der Waals surface area contributed by atoms with Crippen LogP contribution in [0, 0.1) is 10.1 Å². The lowest BCUT2D eigenvalue weighted by Crippen LogP contribution is -2.32. The van der Waals surface area contributed by atoms with E-state index in [4.69, 9.17) is 4.74 Å². The summed E-state index contributed by atoms with van der Waals surface area (Å²) in [6, 6.07) is 11.5. The Balaban J connectivity index is 2.07. The summed E-state index contributed by atoms with van der Waals surface area (Å²) in [5.41, 5.74) is 0.715. The molecule has 0 spiro atoms. The second kappa shape index (κ2) is 10.9. The summed E-state index contributed by atoms with van der Waals surface area (Å²) in [5, 5.41) is 22.3. The minimum absolute atomic E-state index is 0.0450. The summed E-state index contributed by atoms with van der Waals surface area (Å²) in [6.45, 7) is 3.47. The van der Waals surface area contributed by atoms with E-state index in [0.29, 0.717) is 43.0 Å². The first-order valence-electron chi connectivity index (χ1n) is 11.1. The summed E-state index contributed by atoms with van der Waals surface area (Å²) >= 11 is 0. The number of aliphatic hydroxyl groups is 1. The van der Waals surface area contributed by atoms with Crippen LogP contribution in [-0.2, 0) is 9.59 Å². The van der Waals surface area contributed by atoms with Gasteiger partial charge in [-0.05, 0) is 63.3 Å². The standard InChI is InChI=1S/C25H29N3O6/c1-4-15-34-20-8-5-7-18(16-20)23(29)21-22(17-9-11-19(12-10-17)28(32)33)27(25(31)24(21)30)14-6-13-26(2)3/h5,7-12,16,22,29H,4,6,13-15H2,1-3H3/b23-21+. The number of ketones is 1. The molecule has 9 nitrogen and oxygen atoms in total. The van der Waals surface area contributed by atoms with E-state index >= 15 is 0 Å². The van der Waals surface area contributed by atoms with Crippen LogP contribution in [0.1, 0.15) is 36.9 Å². The van der Waals surface area contributed by atoms with Crippen molar-refractivity contribution in [3.8, 4) is 5.75 Å². The van der Waals surface area contributed by atoms with Crippen molar-refractivity contribution in [2.24, 2.45) is 0 Å². The Hall–Kier alpha value is -3.72. The molecule has 1 unspecified atom stereocenters. The van der Waals surface area contributed by atoms with E-state index in [-0.39, 0.29) is 17.0 Å². The molecule has 2 aromatic rings. The predicted octanol–water partition coefficient (Wildman–Crippen LogP) is 3.76. The second-order valence-corrected chi connectivity index (χ2v) is 8.37. The van der Waals surface area contributed by atoms with Gasteiger partial charge in [-0.2, -0.15) is 0 Å². The molecule has 1 atom stereocenters. The molecule has 0 aliphatic carbocycles. The molecule has 3 rings (SSSR count). The molecule has 1 amide bonds. The van der Waals surface area contributed by atoms with E-state index in [1.807, 2.05) is 25.9 Å². The van der Waals surface area contributed by atoms with Crippen LogP contribution >= 0.6 is 0 Å². The first-order chi connectivity index (χ1) is 16.2. The Labute approximate surface area is 198 Å². The van der Waals surface area contributed by atoms with Crippen LogP contribution in [0.15, 0.2) is 54.1 Å². The summed E-state index contributed by atoms with van der Waals surface area (Å²) in [4.78, 5) is 40.0. The molecule has 9 heteroatoms. The number of aliphatic hydroxyl groups excluding tert-OH is 1. The van der Waals surface area contributed by atoms with E-state index in [1.54, 1.807) is 24.3 Å². The van der Waals surface area contributed by atoms with Crippen molar-refractivity contribution in [3.05, 3.63) is 75.3 Å². The lowest BCUT2D eigenvalue weighted by atomic mass is 9.95. The van der Waals surface area contributed by atoms with E-state index < -0.39 is 22.7 Å². The minimum Gasteiger partial charge on any atom is -0.507 e. The van der Waals surface area contributed by atoms with E-state index in [0.717, 1.165) is 6.42 Å². The number of benzene rings is 2. The van der Waals surface area contributed by atoms with Gasteiger partial charge in [-0.25, -0.2) is 0 Å². The zero-order valence-electron chi connectivity index (χ0n) is 19.6. The quantitative estimate of drug-likeness (QED) is 0.186. The highest BCUT2D eigenvalue weighted by atomic mass is 16.6.